The zero-order valence-electron chi connectivity index (χ0n) is 11.5. The number of nitrogens with zero attached hydrogens (tertiary/aromatic N) is 1. The van der Waals surface area contributed by atoms with Gasteiger partial charge in [-0.2, -0.15) is 0 Å². The lowest BCUT2D eigenvalue weighted by atomic mass is 10.0. The number of rotatable bonds is 3. The molecule has 1 aliphatic rings. The van der Waals surface area contributed by atoms with Crippen LogP contribution in [-0.2, 0) is 11.2 Å². The van der Waals surface area contributed by atoms with Gasteiger partial charge in [0.1, 0.15) is 0 Å². The molecular weight excluding hydrogens is 256 g/mol. The number of thiocarbonyl (C=S) groups is 1. The van der Waals surface area contributed by atoms with Crippen molar-refractivity contribution in [3.63, 3.8) is 0 Å². The molecule has 2 N–H and O–H groups in total. The number of carbonyl (C=O) groups is 1. The van der Waals surface area contributed by atoms with E-state index in [2.05, 4.69) is 26.0 Å². The van der Waals surface area contributed by atoms with Crippen molar-refractivity contribution in [1.82, 2.24) is 4.90 Å². The van der Waals surface area contributed by atoms with Crippen molar-refractivity contribution in [3.05, 3.63) is 34.9 Å². The van der Waals surface area contributed by atoms with Gasteiger partial charge in [-0.05, 0) is 43.4 Å². The van der Waals surface area contributed by atoms with Gasteiger partial charge >= 0.3 is 0 Å². The van der Waals surface area contributed by atoms with Gasteiger partial charge in [0, 0.05) is 6.54 Å². The second kappa shape index (κ2) is 5.70. The normalized spacial score (nSPS) is 18.6. The fourth-order valence-electron chi connectivity index (χ4n) is 2.55. The molecule has 1 aliphatic heterocycles. The van der Waals surface area contributed by atoms with Crippen LogP contribution in [-0.4, -0.2) is 28.4 Å². The molecule has 0 aromatic heterocycles. The zero-order valence-corrected chi connectivity index (χ0v) is 12.3. The lowest BCUT2D eigenvalue weighted by Crippen LogP contribution is -2.43. The molecule has 1 heterocycles. The summed E-state index contributed by atoms with van der Waals surface area (Å²) in [6.07, 6.45) is 2.31. The maximum absolute atomic E-state index is 12.3. The number of benzene rings is 1. The lowest BCUT2D eigenvalue weighted by molar-refractivity contribution is -0.130. The number of hydrogen-bond donors (Lipinski definition) is 1. The Balaban J connectivity index is 2.08. The molecule has 102 valence electrons. The van der Waals surface area contributed by atoms with E-state index in [1.54, 1.807) is 0 Å². The van der Waals surface area contributed by atoms with Crippen LogP contribution in [0, 0.1) is 13.8 Å². The number of amides is 1. The molecule has 0 spiro atoms. The average Bonchev–Trinajstić information content (AvgIpc) is 2.83. The van der Waals surface area contributed by atoms with E-state index in [9.17, 15) is 4.79 Å². The monoisotopic (exact) mass is 276 g/mol. The molecule has 4 heteroatoms. The minimum absolute atomic E-state index is 0.0472. The highest BCUT2D eigenvalue weighted by Crippen LogP contribution is 2.19. The Morgan fingerprint density at radius 1 is 1.42 bits per heavy atom. The van der Waals surface area contributed by atoms with Crippen molar-refractivity contribution in [2.24, 2.45) is 5.73 Å². The van der Waals surface area contributed by atoms with E-state index in [-0.39, 0.29) is 11.9 Å². The number of carbonyl (C=O) groups excluding carboxylic acids is 1. The molecular formula is C15H20N2OS. The van der Waals surface area contributed by atoms with E-state index in [1.807, 2.05) is 11.0 Å². The molecule has 1 unspecified atom stereocenters. The Kier molecular flexibility index (Phi) is 4.20. The number of aryl methyl sites for hydroxylation is 2. The quantitative estimate of drug-likeness (QED) is 0.860. The number of nitrogens with two attached hydrogens (primary N) is 1. The lowest BCUT2D eigenvalue weighted by Gasteiger charge is -2.23. The highest BCUT2D eigenvalue weighted by atomic mass is 32.1. The highest BCUT2D eigenvalue weighted by Gasteiger charge is 2.30. The van der Waals surface area contributed by atoms with Crippen LogP contribution in [0.15, 0.2) is 18.2 Å². The summed E-state index contributed by atoms with van der Waals surface area (Å²) in [7, 11) is 0. The van der Waals surface area contributed by atoms with Crippen LogP contribution in [0.2, 0.25) is 0 Å². The Morgan fingerprint density at radius 3 is 2.79 bits per heavy atom. The fourth-order valence-corrected chi connectivity index (χ4v) is 2.80. The van der Waals surface area contributed by atoms with Crippen LogP contribution < -0.4 is 5.73 Å². The molecule has 3 nitrogen and oxygen atoms in total. The second-order valence-corrected chi connectivity index (χ2v) is 5.71. The minimum atomic E-state index is -0.0472. The van der Waals surface area contributed by atoms with Crippen LogP contribution in [0.5, 0.6) is 0 Å². The topological polar surface area (TPSA) is 46.3 Å². The van der Waals surface area contributed by atoms with Crippen molar-refractivity contribution in [3.8, 4) is 0 Å². The third-order valence-electron chi connectivity index (χ3n) is 3.83. The molecule has 1 atom stereocenters. The molecule has 0 saturated carbocycles. The zero-order chi connectivity index (χ0) is 14.0. The summed E-state index contributed by atoms with van der Waals surface area (Å²) in [4.78, 5) is 14.6. The average molecular weight is 276 g/mol. The standard InChI is InChI=1S/C15H20N2OS/c1-10-5-6-12(8-11(10)2)9-14(18)17-7-3-4-13(17)15(16)19/h5-6,8,13H,3-4,7,9H2,1-2H3,(H2,16,19). The van der Waals surface area contributed by atoms with Crippen LogP contribution >= 0.6 is 12.2 Å². The molecule has 1 saturated heterocycles. The summed E-state index contributed by atoms with van der Waals surface area (Å²) in [5.74, 6) is 0.124. The van der Waals surface area contributed by atoms with Gasteiger partial charge in [0.25, 0.3) is 0 Å². The van der Waals surface area contributed by atoms with Gasteiger partial charge in [-0.3, -0.25) is 4.79 Å². The molecule has 0 bridgehead atoms. The second-order valence-electron chi connectivity index (χ2n) is 5.24. The van der Waals surface area contributed by atoms with Gasteiger partial charge < -0.3 is 10.6 Å². The smallest absolute Gasteiger partial charge is 0.227 e. The highest BCUT2D eigenvalue weighted by molar-refractivity contribution is 7.80. The molecule has 1 amide bonds. The first-order valence-corrected chi connectivity index (χ1v) is 7.05. The van der Waals surface area contributed by atoms with Crippen molar-refractivity contribution >= 4 is 23.1 Å². The van der Waals surface area contributed by atoms with E-state index >= 15 is 0 Å². The summed E-state index contributed by atoms with van der Waals surface area (Å²) in [6.45, 7) is 4.91. The number of likely N-dealkylation sites (tertiary alicyclic amines) is 1. The predicted octanol–water partition coefficient (Wildman–Crippen LogP) is 2.12. The van der Waals surface area contributed by atoms with E-state index in [0.717, 1.165) is 24.9 Å². The van der Waals surface area contributed by atoms with Gasteiger partial charge in [-0.25, -0.2) is 0 Å². The maximum Gasteiger partial charge on any atom is 0.227 e. The van der Waals surface area contributed by atoms with Crippen molar-refractivity contribution in [1.29, 1.82) is 0 Å². The van der Waals surface area contributed by atoms with Gasteiger partial charge in [-0.1, -0.05) is 30.4 Å². The first-order chi connectivity index (χ1) is 8.99. The SMILES string of the molecule is Cc1ccc(CC(=O)N2CCCC2C(N)=S)cc1C. The Bertz CT molecular complexity index is 513. The van der Waals surface area contributed by atoms with E-state index in [1.165, 1.54) is 11.1 Å². The van der Waals surface area contributed by atoms with Crippen molar-refractivity contribution < 1.29 is 4.79 Å². The molecule has 1 aromatic rings. The fraction of sp³-hybridized carbons (Fsp3) is 0.467. The summed E-state index contributed by atoms with van der Waals surface area (Å²) in [5.41, 5.74) is 9.23. The maximum atomic E-state index is 12.3. The predicted molar refractivity (Wildman–Crippen MR) is 81.1 cm³/mol. The molecule has 19 heavy (non-hydrogen) atoms. The van der Waals surface area contributed by atoms with Crippen LogP contribution in [0.3, 0.4) is 0 Å². The Morgan fingerprint density at radius 2 is 2.16 bits per heavy atom. The van der Waals surface area contributed by atoms with Crippen molar-refractivity contribution in [2.75, 3.05) is 6.54 Å². The molecule has 0 aliphatic carbocycles. The minimum Gasteiger partial charge on any atom is -0.392 e. The van der Waals surface area contributed by atoms with Gasteiger partial charge in [0.05, 0.1) is 17.5 Å². The third kappa shape index (κ3) is 3.13. The molecule has 2 rings (SSSR count). The first kappa shape index (κ1) is 14.0. The molecule has 1 aromatic carbocycles. The van der Waals surface area contributed by atoms with E-state index in [0.29, 0.717) is 11.4 Å². The van der Waals surface area contributed by atoms with Gasteiger partial charge in [-0.15, -0.1) is 0 Å². The third-order valence-corrected chi connectivity index (χ3v) is 4.10. The van der Waals surface area contributed by atoms with Gasteiger partial charge in [0.2, 0.25) is 5.91 Å². The number of hydrogen-bond acceptors (Lipinski definition) is 2. The van der Waals surface area contributed by atoms with Crippen LogP contribution in [0.25, 0.3) is 0 Å². The van der Waals surface area contributed by atoms with E-state index < -0.39 is 0 Å². The Labute approximate surface area is 119 Å². The van der Waals surface area contributed by atoms with Crippen LogP contribution in [0.4, 0.5) is 0 Å². The Hall–Kier alpha value is -1.42. The van der Waals surface area contributed by atoms with Crippen molar-refractivity contribution in [2.45, 2.75) is 39.2 Å². The first-order valence-electron chi connectivity index (χ1n) is 6.64. The van der Waals surface area contributed by atoms with E-state index in [4.69, 9.17) is 18.0 Å². The summed E-state index contributed by atoms with van der Waals surface area (Å²) < 4.78 is 0. The van der Waals surface area contributed by atoms with Gasteiger partial charge in [0.15, 0.2) is 0 Å². The molecule has 0 radical (unpaired) electrons. The summed E-state index contributed by atoms with van der Waals surface area (Å²) in [6, 6.07) is 6.12. The largest absolute Gasteiger partial charge is 0.392 e. The summed E-state index contributed by atoms with van der Waals surface area (Å²) >= 11 is 5.04. The molecule has 1 fully saturated rings. The van der Waals surface area contributed by atoms with Crippen LogP contribution in [0.1, 0.15) is 29.5 Å². The summed E-state index contributed by atoms with van der Waals surface area (Å²) in [5, 5.41) is 0.